The van der Waals surface area contributed by atoms with E-state index < -0.39 is 145 Å². The predicted molar refractivity (Wildman–Crippen MR) is 234 cm³/mol. The molecule has 2 bridgehead atoms. The van der Waals surface area contributed by atoms with Crippen LogP contribution in [0.2, 0.25) is 0 Å². The largest absolute Gasteiger partial charge is 0.454 e. The fraction of sp³-hybridized carbons (Fsp3) is 0.729. The van der Waals surface area contributed by atoms with Gasteiger partial charge in [-0.25, -0.2) is 0 Å². The zero-order valence-corrected chi connectivity index (χ0v) is 39.1. The fourth-order valence-electron chi connectivity index (χ4n) is 12.0. The van der Waals surface area contributed by atoms with Gasteiger partial charge in [0.1, 0.15) is 12.2 Å². The number of hydrogen-bond acceptors (Lipinski definition) is 18. The molecule has 0 amide bonds. The Bertz CT molecular complexity index is 1890. The van der Waals surface area contributed by atoms with Gasteiger partial charge in [0.05, 0.1) is 67.6 Å². The molecule has 1 aliphatic heterocycles. The molecule has 2 aromatic rings. The molecule has 3 aliphatic carbocycles. The van der Waals surface area contributed by atoms with Crippen molar-refractivity contribution in [3.8, 4) is 0 Å². The van der Waals surface area contributed by atoms with Crippen LogP contribution in [0.25, 0.3) is 0 Å². The van der Waals surface area contributed by atoms with Crippen molar-refractivity contribution in [2.45, 2.75) is 166 Å². The van der Waals surface area contributed by atoms with Crippen molar-refractivity contribution in [2.75, 3.05) is 19.8 Å². The number of nitrogens with one attached hydrogen (secondary N) is 1. The summed E-state index contributed by atoms with van der Waals surface area (Å²) < 4.78 is 35.8. The van der Waals surface area contributed by atoms with Crippen LogP contribution in [-0.2, 0) is 33.2 Å². The van der Waals surface area contributed by atoms with E-state index >= 15 is 0 Å². The lowest BCUT2D eigenvalue weighted by Gasteiger charge is -2.71. The minimum Gasteiger partial charge on any atom is -0.454 e. The van der Waals surface area contributed by atoms with E-state index in [0.717, 1.165) is 0 Å². The molecule has 66 heavy (non-hydrogen) atoms. The summed E-state index contributed by atoms with van der Waals surface area (Å²) in [5, 5.41) is 120. The van der Waals surface area contributed by atoms with E-state index in [1.54, 1.807) is 109 Å². The smallest absolute Gasteiger partial charge is 0.303 e. The maximum Gasteiger partial charge on any atom is 0.303 e. The maximum absolute atomic E-state index is 13.9. The van der Waals surface area contributed by atoms with Crippen LogP contribution in [0.15, 0.2) is 60.7 Å². The Balaban J connectivity index is 1.48. The van der Waals surface area contributed by atoms with Gasteiger partial charge >= 0.3 is 5.97 Å². The van der Waals surface area contributed by atoms with Crippen molar-refractivity contribution < 1.29 is 84.3 Å². The molecular weight excluding hydrogens is 863 g/mol. The highest BCUT2D eigenvalue weighted by Crippen LogP contribution is 2.68. The van der Waals surface area contributed by atoms with Crippen LogP contribution >= 0.6 is 0 Å². The van der Waals surface area contributed by atoms with Crippen molar-refractivity contribution in [1.82, 2.24) is 5.32 Å². The lowest BCUT2D eigenvalue weighted by molar-refractivity contribution is -0.378. The van der Waals surface area contributed by atoms with Crippen molar-refractivity contribution in [1.29, 1.82) is 0 Å². The lowest BCUT2D eigenvalue weighted by Crippen LogP contribution is -2.81. The Morgan fingerprint density at radius 1 is 0.909 bits per heavy atom. The molecule has 11 N–H and O–H groups in total. The number of benzene rings is 2. The monoisotopic (exact) mass is 935 g/mol. The quantitative estimate of drug-likeness (QED) is 0.0738. The molecule has 4 fully saturated rings. The molecule has 0 radical (unpaired) electrons. The van der Waals surface area contributed by atoms with E-state index in [-0.39, 0.29) is 25.9 Å². The van der Waals surface area contributed by atoms with Crippen LogP contribution in [0.1, 0.15) is 97.9 Å². The second-order valence-electron chi connectivity index (χ2n) is 20.7. The van der Waals surface area contributed by atoms with Gasteiger partial charge in [0.15, 0.2) is 24.5 Å². The van der Waals surface area contributed by atoms with E-state index in [1.807, 2.05) is 0 Å². The third kappa shape index (κ3) is 10.3. The Hall–Kier alpha value is -2.73. The van der Waals surface area contributed by atoms with E-state index in [9.17, 15) is 55.9 Å². The van der Waals surface area contributed by atoms with Crippen molar-refractivity contribution in [2.24, 2.45) is 34.5 Å². The average Bonchev–Trinajstić information content (AvgIpc) is 3.23. The maximum atomic E-state index is 13.9. The number of hydrogen-bond donors (Lipinski definition) is 11. The Morgan fingerprint density at radius 2 is 1.52 bits per heavy atom. The first kappa shape index (κ1) is 52.6. The van der Waals surface area contributed by atoms with Gasteiger partial charge in [-0.3, -0.25) is 10.1 Å². The predicted octanol–water partition coefficient (Wildman–Crippen LogP) is 1.12. The van der Waals surface area contributed by atoms with Crippen LogP contribution in [0.5, 0.6) is 0 Å². The standard InChI is InChI=1S/C48H73NO17/c1-25-31(63-42(58)39(64-35(55)23-61-22-34(53)54)37(28-17-13-10-14-18-28)49-43(59)66-44(3,4)5)21-48(60)29(19-30(51)27-15-11-9-12-16-27)40-46(8,41(57)38(56)36(25)45(48,6)7)32(52)20-33-47(40,24-62-33)65-26(2)50/h9-18,25,29-43,49,51-60H,19-24H2,1-8H3/t25?,29-,30?,31-,32?,33?,35?,36?,37-,38?,39+,40-,41?,42?,43?,46?,47-,48?/m0/s1. The third-order valence-corrected chi connectivity index (χ3v) is 15.1. The van der Waals surface area contributed by atoms with Crippen molar-refractivity contribution in [3.63, 3.8) is 0 Å². The van der Waals surface area contributed by atoms with Crippen LogP contribution in [0.3, 0.4) is 0 Å². The number of fused-ring (bicyclic) bond motifs is 5. The number of aliphatic hydroxyl groups is 10. The summed E-state index contributed by atoms with van der Waals surface area (Å²) in [6.07, 6.45) is -17.4. The second kappa shape index (κ2) is 20.3. The number of carbonyl (C=O) groups is 1. The second-order valence-corrected chi connectivity index (χ2v) is 20.7. The highest BCUT2D eigenvalue weighted by Gasteiger charge is 2.77. The van der Waals surface area contributed by atoms with Gasteiger partial charge in [0.25, 0.3) is 0 Å². The molecule has 1 saturated heterocycles. The van der Waals surface area contributed by atoms with Crippen LogP contribution in [0.4, 0.5) is 0 Å². The lowest BCUT2D eigenvalue weighted by atomic mass is 9.39. The molecule has 2 aromatic carbocycles. The Kier molecular flexibility index (Phi) is 16.2. The van der Waals surface area contributed by atoms with Gasteiger partial charge in [0, 0.05) is 37.0 Å². The number of carbonyl (C=O) groups excluding carboxylic acids is 1. The summed E-state index contributed by atoms with van der Waals surface area (Å²) in [5.41, 5.74) is -6.41. The summed E-state index contributed by atoms with van der Waals surface area (Å²) >= 11 is 0. The number of ether oxygens (including phenoxy) is 6. The highest BCUT2D eigenvalue weighted by molar-refractivity contribution is 5.67. The highest BCUT2D eigenvalue weighted by atomic mass is 16.7. The normalized spacial score (nSPS) is 36.9. The molecule has 1 heterocycles. The molecule has 18 nitrogen and oxygen atoms in total. The van der Waals surface area contributed by atoms with Gasteiger partial charge < -0.3 is 79.5 Å². The van der Waals surface area contributed by atoms with Crippen LogP contribution < -0.4 is 5.32 Å². The van der Waals surface area contributed by atoms with Gasteiger partial charge in [0.2, 0.25) is 6.41 Å². The van der Waals surface area contributed by atoms with Crippen molar-refractivity contribution in [3.05, 3.63) is 71.8 Å². The van der Waals surface area contributed by atoms with Gasteiger partial charge in [-0.15, -0.1) is 0 Å². The Labute approximate surface area is 386 Å². The van der Waals surface area contributed by atoms with Gasteiger partial charge in [-0.2, -0.15) is 0 Å². The minimum atomic E-state index is -2.02. The van der Waals surface area contributed by atoms with E-state index in [2.05, 4.69) is 5.32 Å². The number of esters is 1. The average molecular weight is 936 g/mol. The first-order chi connectivity index (χ1) is 30.8. The minimum absolute atomic E-state index is 0.0526. The SMILES string of the molecule is CC(=O)O[C@@]12COC1CC(O)C1(C)C(O)C(O)C3C(C)[C@@H](OC(O)[C@H](OC(O)COCC(O)O)[C@@H](NC(O)OC(C)(C)C)c4ccccc4)CC(O)([C@@H](CC(O)c4ccccc4)[C@@H]12)C3(C)C. The summed E-state index contributed by atoms with van der Waals surface area (Å²) in [6, 6.07) is 16.1. The number of aliphatic hydroxyl groups excluding tert-OH is 8. The van der Waals surface area contributed by atoms with Gasteiger partial charge in [-0.05, 0) is 55.6 Å². The topological polar surface area (TPSA) is 287 Å². The molecule has 372 valence electrons. The zero-order chi connectivity index (χ0) is 48.7. The molecule has 0 spiro atoms. The molecular formula is C48H73NO17. The summed E-state index contributed by atoms with van der Waals surface area (Å²) in [4.78, 5) is 13.1. The molecule has 18 heteroatoms. The summed E-state index contributed by atoms with van der Waals surface area (Å²) in [5.74, 6) is -4.76. The number of rotatable bonds is 18. The van der Waals surface area contributed by atoms with E-state index in [0.29, 0.717) is 11.1 Å². The van der Waals surface area contributed by atoms with Crippen LogP contribution in [-0.4, -0.2) is 156 Å². The summed E-state index contributed by atoms with van der Waals surface area (Å²) in [6.45, 7) is 11.9. The summed E-state index contributed by atoms with van der Waals surface area (Å²) in [7, 11) is 0. The third-order valence-electron chi connectivity index (χ3n) is 15.1. The van der Waals surface area contributed by atoms with Crippen molar-refractivity contribution >= 4 is 5.97 Å². The fourth-order valence-corrected chi connectivity index (χ4v) is 12.0. The Morgan fingerprint density at radius 3 is 2.06 bits per heavy atom. The zero-order valence-electron chi connectivity index (χ0n) is 39.1. The molecule has 4 aliphatic rings. The van der Waals surface area contributed by atoms with E-state index in [1.165, 1.54) is 6.92 Å². The molecule has 0 aromatic heterocycles. The van der Waals surface area contributed by atoms with E-state index in [4.69, 9.17) is 28.4 Å². The first-order valence-electron chi connectivity index (χ1n) is 22.9. The van der Waals surface area contributed by atoms with Crippen LogP contribution in [0, 0.1) is 34.5 Å². The molecule has 18 atom stereocenters. The van der Waals surface area contributed by atoms with Gasteiger partial charge in [-0.1, -0.05) is 88.4 Å². The first-order valence-corrected chi connectivity index (χ1v) is 22.9. The molecule has 6 rings (SSSR count). The molecule has 12 unspecified atom stereocenters. The molecule has 3 saturated carbocycles.